The van der Waals surface area contributed by atoms with Crippen molar-refractivity contribution >= 4 is 42.6 Å². The number of rotatable bonds is 1. The van der Waals surface area contributed by atoms with Gasteiger partial charge in [0.2, 0.25) is 0 Å². The molecular weight excluding hydrogens is 213 g/mol. The number of aryl methyl sites for hydroxylation is 1. The van der Waals surface area contributed by atoms with Crippen molar-refractivity contribution in [1.29, 1.82) is 0 Å². The van der Waals surface area contributed by atoms with E-state index in [1.54, 1.807) is 0 Å². The van der Waals surface area contributed by atoms with Gasteiger partial charge in [-0.2, -0.15) is 0 Å². The minimum atomic E-state index is 1.26. The summed E-state index contributed by atoms with van der Waals surface area (Å²) in [6.07, 6.45) is 0. The topological polar surface area (TPSA) is 0 Å². The van der Waals surface area contributed by atoms with Crippen molar-refractivity contribution in [2.75, 3.05) is 6.66 Å². The first-order valence-corrected chi connectivity index (χ1v) is 6.65. The largest absolute Gasteiger partial charge is 0.106 e. The Morgan fingerprint density at radius 2 is 1.92 bits per heavy atom. The lowest BCUT2D eigenvalue weighted by molar-refractivity contribution is 1.49. The predicted molar refractivity (Wildman–Crippen MR) is 72.5 cm³/mol. The van der Waals surface area contributed by atoms with Crippen molar-refractivity contribution in [2.24, 2.45) is 0 Å². The molecule has 0 nitrogen and oxygen atoms in total. The zero-order chi connectivity index (χ0) is 10.0. The fourth-order valence-electron chi connectivity index (χ4n) is 1.45. The third kappa shape index (κ3) is 2.60. The maximum atomic E-state index is 2.81. The van der Waals surface area contributed by atoms with Crippen molar-refractivity contribution in [3.8, 4) is 0 Å². The van der Waals surface area contributed by atoms with E-state index in [1.807, 2.05) is 0 Å². The quantitative estimate of drug-likeness (QED) is 0.646. The van der Waals surface area contributed by atoms with Crippen LogP contribution in [0.1, 0.15) is 18.1 Å². The highest BCUT2D eigenvalue weighted by molar-refractivity contribution is 7.40. The first-order valence-electron chi connectivity index (χ1n) is 4.15. The predicted octanol–water partition coefficient (Wildman–Crippen LogP) is 2.11. The van der Waals surface area contributed by atoms with Gasteiger partial charge in [-0.15, -0.1) is 26.7 Å². The first kappa shape index (κ1) is 11.3. The lowest BCUT2D eigenvalue weighted by atomic mass is 10.1. The second-order valence-corrected chi connectivity index (χ2v) is 5.52. The second kappa shape index (κ2) is 4.65. The minimum Gasteiger partial charge on any atom is -0.106 e. The first-order chi connectivity index (χ1) is 6.06. The van der Waals surface area contributed by atoms with Gasteiger partial charge in [-0.25, -0.2) is 0 Å². The summed E-state index contributed by atoms with van der Waals surface area (Å²) in [7, 11) is 6.91. The Morgan fingerprint density at radius 1 is 1.31 bits per heavy atom. The van der Waals surface area contributed by atoms with E-state index in [4.69, 9.17) is 0 Å². The van der Waals surface area contributed by atoms with Crippen LogP contribution in [0.4, 0.5) is 0 Å². The molecule has 1 aromatic carbocycles. The third-order valence-corrected chi connectivity index (χ3v) is 3.77. The van der Waals surface area contributed by atoms with E-state index in [0.29, 0.717) is 0 Å². The zero-order valence-corrected chi connectivity index (χ0v) is 11.5. The van der Waals surface area contributed by atoms with Crippen LogP contribution in [0.5, 0.6) is 0 Å². The van der Waals surface area contributed by atoms with Gasteiger partial charge >= 0.3 is 0 Å². The molecule has 0 N–H and O–H groups in total. The Balaban J connectivity index is 3.37. The Bertz CT molecular complexity index is 330. The Labute approximate surface area is 86.7 Å². The van der Waals surface area contributed by atoms with Crippen LogP contribution >= 0.6 is 26.7 Å². The molecule has 2 atom stereocenters. The molecule has 13 heavy (non-hydrogen) atoms. The van der Waals surface area contributed by atoms with E-state index in [-0.39, 0.29) is 0 Å². The van der Waals surface area contributed by atoms with Crippen LogP contribution in [-0.2, 0) is 0 Å². The van der Waals surface area contributed by atoms with Crippen molar-refractivity contribution in [3.05, 3.63) is 23.3 Å². The maximum absolute atomic E-state index is 2.81. The van der Waals surface area contributed by atoms with Gasteiger partial charge in [-0.3, -0.25) is 0 Å². The molecule has 1 rings (SSSR count). The molecule has 0 saturated carbocycles. The zero-order valence-electron chi connectivity index (χ0n) is 8.26. The molecule has 0 aromatic heterocycles. The van der Waals surface area contributed by atoms with E-state index < -0.39 is 0 Å². The van der Waals surface area contributed by atoms with Crippen molar-refractivity contribution in [3.63, 3.8) is 0 Å². The van der Waals surface area contributed by atoms with Crippen molar-refractivity contribution < 1.29 is 0 Å². The molecule has 0 spiro atoms. The highest BCUT2D eigenvalue weighted by Crippen LogP contribution is 2.12. The number of benzene rings is 1. The van der Waals surface area contributed by atoms with Crippen molar-refractivity contribution in [2.45, 2.75) is 13.8 Å². The van der Waals surface area contributed by atoms with Gasteiger partial charge in [0, 0.05) is 0 Å². The fraction of sp³-hybridized carbons (Fsp3) is 0.300. The van der Waals surface area contributed by atoms with Gasteiger partial charge < -0.3 is 0 Å². The summed E-state index contributed by atoms with van der Waals surface area (Å²) in [5, 5.41) is 4.00. The second-order valence-electron chi connectivity index (χ2n) is 3.11. The van der Waals surface area contributed by atoms with Crippen LogP contribution in [0.25, 0.3) is 0 Å². The molecule has 0 aliphatic carbocycles. The monoisotopic (exact) mass is 228 g/mol. The lowest BCUT2D eigenvalue weighted by Crippen LogP contribution is -2.13. The van der Waals surface area contributed by atoms with Gasteiger partial charge in [-0.1, -0.05) is 6.07 Å². The highest BCUT2D eigenvalue weighted by Gasteiger charge is 2.04. The average Bonchev–Trinajstić information content (AvgIpc) is 2.02. The van der Waals surface area contributed by atoms with Crippen molar-refractivity contribution in [1.82, 2.24) is 0 Å². The van der Waals surface area contributed by atoms with Crippen LogP contribution in [0.2, 0.25) is 0 Å². The maximum Gasteiger partial charge on any atom is -0.00834 e. The van der Waals surface area contributed by atoms with Crippen LogP contribution in [0, 0.1) is 6.92 Å². The molecule has 3 heteroatoms. The summed E-state index contributed by atoms with van der Waals surface area (Å²) < 4.78 is 0. The molecule has 0 aliphatic rings. The number of hydrogen-bond acceptors (Lipinski definition) is 0. The molecule has 0 fully saturated rings. The Kier molecular flexibility index (Phi) is 4.06. The summed E-state index contributed by atoms with van der Waals surface area (Å²) in [4.78, 5) is 0. The van der Waals surface area contributed by atoms with Gasteiger partial charge in [0.25, 0.3) is 0 Å². The SMILES string of the molecule is CP=C(C)c1c(C)cc(P)cc1P. The summed E-state index contributed by atoms with van der Waals surface area (Å²) in [6, 6.07) is 4.40. The van der Waals surface area contributed by atoms with Gasteiger partial charge in [0.1, 0.15) is 0 Å². The number of hydrogen-bond donors (Lipinski definition) is 0. The highest BCUT2D eigenvalue weighted by atomic mass is 31.1. The van der Waals surface area contributed by atoms with Crippen LogP contribution in [0.15, 0.2) is 12.1 Å². The van der Waals surface area contributed by atoms with Gasteiger partial charge in [0.15, 0.2) is 0 Å². The average molecular weight is 228 g/mol. The van der Waals surface area contributed by atoms with Crippen LogP contribution in [0.3, 0.4) is 0 Å². The Morgan fingerprint density at radius 3 is 2.38 bits per heavy atom. The summed E-state index contributed by atoms with van der Waals surface area (Å²) in [5.74, 6) is 0. The van der Waals surface area contributed by atoms with Crippen LogP contribution in [-0.4, -0.2) is 12.0 Å². The molecule has 70 valence electrons. The standard InChI is InChI=1S/C10H15P3/c1-6-4-8(11)5-9(12)10(6)7(2)13-3/h4-5H,11-12H2,1-3H3. The molecular formula is C10H15P3. The molecule has 0 aliphatic heterocycles. The lowest BCUT2D eigenvalue weighted by Gasteiger charge is -2.10. The van der Waals surface area contributed by atoms with E-state index in [2.05, 4.69) is 51.1 Å². The normalized spacial score (nSPS) is 11.9. The fourth-order valence-corrected chi connectivity index (χ4v) is 3.36. The molecule has 0 radical (unpaired) electrons. The summed E-state index contributed by atoms with van der Waals surface area (Å²) in [5.41, 5.74) is 2.77. The van der Waals surface area contributed by atoms with E-state index in [0.717, 1.165) is 0 Å². The summed E-state index contributed by atoms with van der Waals surface area (Å²) in [6.45, 7) is 6.54. The van der Waals surface area contributed by atoms with E-state index >= 15 is 0 Å². The third-order valence-electron chi connectivity index (χ3n) is 2.09. The molecule has 0 bridgehead atoms. The van der Waals surface area contributed by atoms with Gasteiger partial charge in [-0.05, 0) is 53.6 Å². The molecule has 1 aromatic rings. The molecule has 0 amide bonds. The van der Waals surface area contributed by atoms with E-state index in [9.17, 15) is 0 Å². The minimum absolute atomic E-state index is 1.26. The van der Waals surface area contributed by atoms with E-state index in [1.165, 1.54) is 35.2 Å². The van der Waals surface area contributed by atoms with Gasteiger partial charge in [0.05, 0.1) is 0 Å². The molecule has 2 unspecified atom stereocenters. The molecule has 0 saturated heterocycles. The molecule has 0 heterocycles. The summed E-state index contributed by atoms with van der Waals surface area (Å²) >= 11 is 0. The Hall–Kier alpha value is 0.250. The smallest absolute Gasteiger partial charge is 0.00834 e. The van der Waals surface area contributed by atoms with Crippen LogP contribution < -0.4 is 10.6 Å².